The van der Waals surface area contributed by atoms with Crippen molar-refractivity contribution in [2.45, 2.75) is 173 Å². The zero-order valence-corrected chi connectivity index (χ0v) is 35.4. The van der Waals surface area contributed by atoms with Crippen LogP contribution in [0.2, 0.25) is 0 Å². The molecule has 0 spiro atoms. The van der Waals surface area contributed by atoms with Gasteiger partial charge in [0.05, 0.1) is 19.8 Å². The van der Waals surface area contributed by atoms with Crippen molar-refractivity contribution < 1.29 is 52.9 Å². The SMILES string of the molecule is CCCCCCCC/C=C\CCCCCCCC(=O)OC[C@H](COP(=O)(O)OC[C@@H](O)CO)OC(=O)CCC/C=C\C/C=C\C/C=C\C/C=C\CCCCCO. The highest BCUT2D eigenvalue weighted by Gasteiger charge is 2.27. The minimum absolute atomic E-state index is 0.0947. The van der Waals surface area contributed by atoms with Crippen LogP contribution in [-0.2, 0) is 32.7 Å². The molecule has 0 amide bonds. The molecular formula is C44H77O11P. The van der Waals surface area contributed by atoms with Gasteiger partial charge in [0.2, 0.25) is 0 Å². The zero-order valence-electron chi connectivity index (χ0n) is 34.5. The highest BCUT2D eigenvalue weighted by atomic mass is 31.2. The summed E-state index contributed by atoms with van der Waals surface area (Å²) in [6, 6.07) is 0. The van der Waals surface area contributed by atoms with Crippen molar-refractivity contribution in [3.8, 4) is 0 Å². The average molecular weight is 813 g/mol. The van der Waals surface area contributed by atoms with Crippen molar-refractivity contribution in [1.29, 1.82) is 0 Å². The van der Waals surface area contributed by atoms with Gasteiger partial charge in [-0.25, -0.2) is 4.57 Å². The normalized spacial score (nSPS) is 14.4. The molecule has 0 saturated carbocycles. The van der Waals surface area contributed by atoms with Crippen LogP contribution in [0.1, 0.15) is 161 Å². The third-order valence-corrected chi connectivity index (χ3v) is 9.65. The van der Waals surface area contributed by atoms with Gasteiger partial charge in [-0.1, -0.05) is 125 Å². The molecule has 0 fully saturated rings. The summed E-state index contributed by atoms with van der Waals surface area (Å²) in [6.07, 6.45) is 42.0. The molecule has 12 heteroatoms. The molecule has 0 aromatic heterocycles. The third kappa shape index (κ3) is 39.8. The topological polar surface area (TPSA) is 169 Å². The number of aliphatic hydroxyl groups excluding tert-OH is 3. The number of phosphoric ester groups is 1. The Balaban J connectivity index is 4.42. The maximum atomic E-state index is 12.6. The highest BCUT2D eigenvalue weighted by molar-refractivity contribution is 7.47. The van der Waals surface area contributed by atoms with Gasteiger partial charge in [0.25, 0.3) is 0 Å². The molecule has 4 N–H and O–H groups in total. The first-order valence-electron chi connectivity index (χ1n) is 21.4. The largest absolute Gasteiger partial charge is 0.472 e. The molecule has 0 rings (SSSR count). The molecule has 0 aliphatic rings. The maximum Gasteiger partial charge on any atom is 0.472 e. The molecule has 0 aromatic rings. The number of carbonyl (C=O) groups is 2. The van der Waals surface area contributed by atoms with Crippen LogP contribution in [0.25, 0.3) is 0 Å². The second kappa shape index (κ2) is 40.8. The smallest absolute Gasteiger partial charge is 0.462 e. The van der Waals surface area contributed by atoms with Crippen LogP contribution < -0.4 is 0 Å². The molecule has 1 unspecified atom stereocenters. The number of unbranched alkanes of at least 4 members (excludes halogenated alkanes) is 15. The number of hydrogen-bond donors (Lipinski definition) is 4. The fourth-order valence-corrected chi connectivity index (χ4v) is 6.16. The van der Waals surface area contributed by atoms with Gasteiger partial charge in [0, 0.05) is 19.4 Å². The van der Waals surface area contributed by atoms with Crippen molar-refractivity contribution in [2.24, 2.45) is 0 Å². The number of carbonyl (C=O) groups excluding carboxylic acids is 2. The molecule has 0 heterocycles. The number of aliphatic hydroxyl groups is 3. The molecule has 3 atom stereocenters. The lowest BCUT2D eigenvalue weighted by atomic mass is 10.1. The lowest BCUT2D eigenvalue weighted by molar-refractivity contribution is -0.161. The van der Waals surface area contributed by atoms with E-state index < -0.39 is 51.8 Å². The molecule has 0 aromatic carbocycles. The van der Waals surface area contributed by atoms with Crippen LogP contribution in [-0.4, -0.2) is 77.4 Å². The van der Waals surface area contributed by atoms with Gasteiger partial charge < -0.3 is 29.7 Å². The van der Waals surface area contributed by atoms with Crippen LogP contribution in [0.15, 0.2) is 60.8 Å². The molecule has 0 aliphatic heterocycles. The summed E-state index contributed by atoms with van der Waals surface area (Å²) in [4.78, 5) is 34.9. The number of rotatable bonds is 40. The van der Waals surface area contributed by atoms with E-state index in [0.717, 1.165) is 83.5 Å². The zero-order chi connectivity index (χ0) is 41.2. The fraction of sp³-hybridized carbons (Fsp3) is 0.727. The summed E-state index contributed by atoms with van der Waals surface area (Å²) in [7, 11) is -4.64. The summed E-state index contributed by atoms with van der Waals surface area (Å²) >= 11 is 0. The number of esters is 2. The van der Waals surface area contributed by atoms with Gasteiger partial charge in [0.1, 0.15) is 12.7 Å². The van der Waals surface area contributed by atoms with Crippen molar-refractivity contribution >= 4 is 19.8 Å². The van der Waals surface area contributed by atoms with Crippen molar-refractivity contribution in [2.75, 3.05) is 33.0 Å². The standard InChI is InChI=1S/C44H77O11P/c1-2-3-4-5-6-7-8-9-13-16-19-22-25-28-31-34-43(48)52-39-42(40-54-56(50,51)53-38-41(47)37-46)55-44(49)35-32-29-26-23-20-17-14-11-10-12-15-18-21-24-27-30-33-36-45/h9-10,12-14,17-18,21,23,26,41-42,45-47H,2-8,11,15-16,19-20,22,24-25,27-40H2,1H3,(H,50,51)/b12-10-,13-9-,17-14-,21-18-,26-23-/t41-,42+/m0/s1. The summed E-state index contributed by atoms with van der Waals surface area (Å²) in [6.45, 7) is 0.291. The molecular weight excluding hydrogens is 735 g/mol. The van der Waals surface area contributed by atoms with E-state index in [-0.39, 0.29) is 26.1 Å². The number of allylic oxidation sites excluding steroid dienone is 10. The first-order valence-corrected chi connectivity index (χ1v) is 22.8. The summed E-state index contributed by atoms with van der Waals surface area (Å²) < 4.78 is 32.6. The van der Waals surface area contributed by atoms with Crippen LogP contribution in [0.4, 0.5) is 0 Å². The maximum absolute atomic E-state index is 12.6. The molecule has 0 aliphatic carbocycles. The van der Waals surface area contributed by atoms with E-state index in [1.807, 2.05) is 12.2 Å². The second-order valence-electron chi connectivity index (χ2n) is 14.1. The first kappa shape index (κ1) is 53.6. The Labute approximate surface area is 338 Å². The Morgan fingerprint density at radius 2 is 1.00 bits per heavy atom. The Kier molecular flexibility index (Phi) is 39.1. The van der Waals surface area contributed by atoms with E-state index in [1.165, 1.54) is 38.5 Å². The first-order chi connectivity index (χ1) is 27.2. The lowest BCUT2D eigenvalue weighted by Crippen LogP contribution is -2.29. The molecule has 11 nitrogen and oxygen atoms in total. The fourth-order valence-electron chi connectivity index (χ4n) is 5.37. The van der Waals surface area contributed by atoms with E-state index in [0.29, 0.717) is 19.3 Å². The van der Waals surface area contributed by atoms with Crippen LogP contribution in [0.5, 0.6) is 0 Å². The second-order valence-corrected chi connectivity index (χ2v) is 15.5. The van der Waals surface area contributed by atoms with Crippen molar-refractivity contribution in [3.63, 3.8) is 0 Å². The van der Waals surface area contributed by atoms with Crippen molar-refractivity contribution in [1.82, 2.24) is 0 Å². The van der Waals surface area contributed by atoms with Gasteiger partial charge in [0.15, 0.2) is 6.10 Å². The molecule has 0 saturated heterocycles. The van der Waals surface area contributed by atoms with Gasteiger partial charge in [-0.15, -0.1) is 0 Å². The van der Waals surface area contributed by atoms with E-state index >= 15 is 0 Å². The number of ether oxygens (including phenoxy) is 2. The Bertz CT molecular complexity index is 1120. The minimum atomic E-state index is -4.64. The summed E-state index contributed by atoms with van der Waals surface area (Å²) in [5.74, 6) is -1.02. The predicted octanol–water partition coefficient (Wildman–Crippen LogP) is 10.1. The van der Waals surface area contributed by atoms with Gasteiger partial charge in [-0.3, -0.25) is 18.6 Å². The Morgan fingerprint density at radius 3 is 1.55 bits per heavy atom. The monoisotopic (exact) mass is 813 g/mol. The summed E-state index contributed by atoms with van der Waals surface area (Å²) in [5.41, 5.74) is 0. The van der Waals surface area contributed by atoms with Gasteiger partial charge in [-0.2, -0.15) is 0 Å². The quantitative estimate of drug-likeness (QED) is 0.0201. The minimum Gasteiger partial charge on any atom is -0.462 e. The van der Waals surface area contributed by atoms with E-state index in [1.54, 1.807) is 0 Å². The van der Waals surface area contributed by atoms with Crippen LogP contribution >= 0.6 is 7.82 Å². The predicted molar refractivity (Wildman–Crippen MR) is 225 cm³/mol. The molecule has 0 bridgehead atoms. The van der Waals surface area contributed by atoms with Gasteiger partial charge >= 0.3 is 19.8 Å². The van der Waals surface area contributed by atoms with E-state index in [9.17, 15) is 24.2 Å². The van der Waals surface area contributed by atoms with E-state index in [4.69, 9.17) is 24.2 Å². The number of hydrogen-bond acceptors (Lipinski definition) is 10. The molecule has 324 valence electrons. The van der Waals surface area contributed by atoms with Crippen LogP contribution in [0.3, 0.4) is 0 Å². The lowest BCUT2D eigenvalue weighted by Gasteiger charge is -2.20. The van der Waals surface area contributed by atoms with Crippen molar-refractivity contribution in [3.05, 3.63) is 60.8 Å². The molecule has 56 heavy (non-hydrogen) atoms. The van der Waals surface area contributed by atoms with Gasteiger partial charge in [-0.05, 0) is 83.5 Å². The number of phosphoric acid groups is 1. The average Bonchev–Trinajstić information content (AvgIpc) is 3.19. The Hall–Kier alpha value is -2.37. The van der Waals surface area contributed by atoms with E-state index in [2.05, 4.69) is 60.1 Å². The highest BCUT2D eigenvalue weighted by Crippen LogP contribution is 2.43. The Morgan fingerprint density at radius 1 is 0.554 bits per heavy atom. The van der Waals surface area contributed by atoms with Crippen LogP contribution in [0, 0.1) is 0 Å². The summed E-state index contributed by atoms with van der Waals surface area (Å²) in [5, 5.41) is 27.1. The molecule has 0 radical (unpaired) electrons. The third-order valence-electron chi connectivity index (χ3n) is 8.70.